The number of fused-ring (bicyclic) bond motifs is 1. The highest BCUT2D eigenvalue weighted by atomic mass is 19.4. The first kappa shape index (κ1) is 21.1. The van der Waals surface area contributed by atoms with E-state index in [2.05, 4.69) is 9.97 Å². The predicted molar refractivity (Wildman–Crippen MR) is 105 cm³/mol. The van der Waals surface area contributed by atoms with Gasteiger partial charge in [0.05, 0.1) is 13.7 Å². The smallest absolute Gasteiger partial charge is 0.433 e. The van der Waals surface area contributed by atoms with Crippen molar-refractivity contribution in [3.8, 4) is 17.2 Å². The number of amides is 1. The van der Waals surface area contributed by atoms with Crippen LogP contribution in [0.1, 0.15) is 28.4 Å². The van der Waals surface area contributed by atoms with Crippen molar-refractivity contribution in [1.29, 1.82) is 0 Å². The van der Waals surface area contributed by atoms with Gasteiger partial charge in [-0.3, -0.25) is 4.79 Å². The number of pyridine rings is 1. The number of alkyl halides is 3. The van der Waals surface area contributed by atoms with Gasteiger partial charge in [-0.2, -0.15) is 13.2 Å². The number of aromatic nitrogens is 2. The second kappa shape index (κ2) is 7.82. The van der Waals surface area contributed by atoms with Gasteiger partial charge in [-0.05, 0) is 30.7 Å². The van der Waals surface area contributed by atoms with Crippen molar-refractivity contribution in [3.63, 3.8) is 0 Å². The monoisotopic (exact) mass is 435 g/mol. The van der Waals surface area contributed by atoms with Crippen LogP contribution in [-0.2, 0) is 12.7 Å². The lowest BCUT2D eigenvalue weighted by Crippen LogP contribution is -2.32. The zero-order valence-electron chi connectivity index (χ0n) is 16.6. The van der Waals surface area contributed by atoms with Crippen LogP contribution in [0.3, 0.4) is 0 Å². The molecule has 4 rings (SSSR count). The third kappa shape index (κ3) is 3.81. The number of carbonyl (C=O) groups excluding carboxylic acids is 1. The molecule has 1 aromatic carbocycles. The van der Waals surface area contributed by atoms with Crippen LogP contribution in [0.4, 0.5) is 13.2 Å². The quantitative estimate of drug-likeness (QED) is 0.646. The summed E-state index contributed by atoms with van der Waals surface area (Å²) < 4.78 is 50.3. The summed E-state index contributed by atoms with van der Waals surface area (Å²) in [7, 11) is 1.34. The lowest BCUT2D eigenvalue weighted by Gasteiger charge is -2.14. The number of methoxy groups -OCH3 is 1. The van der Waals surface area contributed by atoms with E-state index in [1.807, 2.05) is 0 Å². The molecule has 0 radical (unpaired) electrons. The molecule has 0 aliphatic carbocycles. The first-order chi connectivity index (χ1) is 14.7. The van der Waals surface area contributed by atoms with Gasteiger partial charge in [-0.1, -0.05) is 0 Å². The summed E-state index contributed by atoms with van der Waals surface area (Å²) in [4.78, 5) is 22.5. The summed E-state index contributed by atoms with van der Waals surface area (Å²) in [5.41, 5.74) is 11.0. The Labute approximate surface area is 175 Å². The van der Waals surface area contributed by atoms with E-state index < -0.39 is 11.9 Å². The fourth-order valence-electron chi connectivity index (χ4n) is 3.60. The van der Waals surface area contributed by atoms with Gasteiger partial charge in [0.15, 0.2) is 11.5 Å². The largest absolute Gasteiger partial charge is 0.494 e. The summed E-state index contributed by atoms with van der Waals surface area (Å²) in [5.74, 6) is 0.0577. The van der Waals surface area contributed by atoms with Crippen LogP contribution in [0.2, 0.25) is 0 Å². The Hall–Kier alpha value is -3.18. The van der Waals surface area contributed by atoms with E-state index in [1.165, 1.54) is 19.2 Å². The molecule has 2 aromatic heterocycles. The lowest BCUT2D eigenvalue weighted by atomic mass is 10.1. The van der Waals surface area contributed by atoms with Crippen LogP contribution in [0.15, 0.2) is 28.7 Å². The van der Waals surface area contributed by atoms with Crippen molar-refractivity contribution >= 4 is 16.8 Å². The molecule has 3 aromatic rings. The third-order valence-electron chi connectivity index (χ3n) is 5.16. The minimum atomic E-state index is -4.61. The Morgan fingerprint density at radius 2 is 2.06 bits per heavy atom. The van der Waals surface area contributed by atoms with E-state index in [1.54, 1.807) is 11.0 Å². The van der Waals surface area contributed by atoms with Gasteiger partial charge >= 0.3 is 6.18 Å². The molecule has 1 atom stereocenters. The summed E-state index contributed by atoms with van der Waals surface area (Å²) in [5, 5.41) is 0.333. The molecule has 1 amide bonds. The number of halogens is 3. The van der Waals surface area contributed by atoms with Crippen LogP contribution in [-0.4, -0.2) is 47.0 Å². The van der Waals surface area contributed by atoms with E-state index in [4.69, 9.17) is 20.6 Å². The van der Waals surface area contributed by atoms with Gasteiger partial charge in [0.1, 0.15) is 17.0 Å². The normalized spacial score (nSPS) is 16.8. The van der Waals surface area contributed by atoms with Crippen LogP contribution in [0, 0.1) is 0 Å². The molecule has 0 unspecified atom stereocenters. The van der Waals surface area contributed by atoms with Crippen molar-refractivity contribution < 1.29 is 27.1 Å². The maximum absolute atomic E-state index is 13.1. The van der Waals surface area contributed by atoms with Crippen molar-refractivity contribution in [2.45, 2.75) is 25.2 Å². The number of rotatable bonds is 4. The molecule has 31 heavy (non-hydrogen) atoms. The topological polar surface area (TPSA) is 120 Å². The van der Waals surface area contributed by atoms with Gasteiger partial charge in [0.2, 0.25) is 5.89 Å². The zero-order chi connectivity index (χ0) is 22.3. The Balaban J connectivity index is 1.82. The number of carbonyl (C=O) groups is 1. The highest BCUT2D eigenvalue weighted by molar-refractivity contribution is 5.98. The highest BCUT2D eigenvalue weighted by Crippen LogP contribution is 2.37. The molecule has 1 saturated heterocycles. The number of likely N-dealkylation sites (tertiary alicyclic amines) is 1. The maximum atomic E-state index is 13.1. The van der Waals surface area contributed by atoms with Gasteiger partial charge in [0, 0.05) is 30.1 Å². The second-order valence-corrected chi connectivity index (χ2v) is 7.20. The van der Waals surface area contributed by atoms with E-state index in [0.29, 0.717) is 30.5 Å². The molecule has 1 aliphatic heterocycles. The third-order valence-corrected chi connectivity index (χ3v) is 5.16. The lowest BCUT2D eigenvalue weighted by molar-refractivity contribution is -0.140. The molecular weight excluding hydrogens is 415 g/mol. The molecule has 1 fully saturated rings. The molecular formula is C20H20F3N5O3. The van der Waals surface area contributed by atoms with Crippen molar-refractivity contribution in [1.82, 2.24) is 14.9 Å². The predicted octanol–water partition coefficient (Wildman–Crippen LogP) is 2.55. The van der Waals surface area contributed by atoms with Crippen molar-refractivity contribution in [3.05, 3.63) is 41.4 Å². The fourth-order valence-corrected chi connectivity index (χ4v) is 3.60. The van der Waals surface area contributed by atoms with Crippen LogP contribution in [0.5, 0.6) is 5.75 Å². The summed E-state index contributed by atoms with van der Waals surface area (Å²) in [6.45, 7) is 0.834. The summed E-state index contributed by atoms with van der Waals surface area (Å²) >= 11 is 0. The number of hydrogen-bond acceptors (Lipinski definition) is 7. The number of benzene rings is 1. The van der Waals surface area contributed by atoms with E-state index in [-0.39, 0.29) is 47.1 Å². The van der Waals surface area contributed by atoms with Crippen LogP contribution < -0.4 is 16.2 Å². The molecule has 11 heteroatoms. The van der Waals surface area contributed by atoms with Gasteiger partial charge in [0.25, 0.3) is 5.91 Å². The zero-order valence-corrected chi connectivity index (χ0v) is 16.6. The molecule has 0 bridgehead atoms. The van der Waals surface area contributed by atoms with Crippen molar-refractivity contribution in [2.24, 2.45) is 11.5 Å². The Bertz CT molecular complexity index is 1150. The molecule has 0 saturated carbocycles. The van der Waals surface area contributed by atoms with Crippen LogP contribution >= 0.6 is 0 Å². The summed E-state index contributed by atoms with van der Waals surface area (Å²) in [6.07, 6.45) is -3.92. The standard InChI is InChI=1S/C20H20F3N5O3/c1-30-13-4-2-12(11-3-5-15(20(21,22)23)26-16(11)13)18-27-17(14(8-24)31-18)19(29)28-7-6-10(25)9-28/h2-5,10H,6-9,24-25H2,1H3/t10-/m1/s1. The average molecular weight is 435 g/mol. The SMILES string of the molecule is COc1ccc(-c2nc(C(=O)N3CC[C@@H](N)C3)c(CN)o2)c2ccc(C(F)(F)F)nc12. The van der Waals surface area contributed by atoms with E-state index in [0.717, 1.165) is 6.07 Å². The second-order valence-electron chi connectivity index (χ2n) is 7.20. The Morgan fingerprint density at radius 1 is 1.29 bits per heavy atom. The Morgan fingerprint density at radius 3 is 2.68 bits per heavy atom. The number of ether oxygens (including phenoxy) is 1. The minimum absolute atomic E-state index is 0.000663. The number of nitrogens with two attached hydrogens (primary N) is 2. The average Bonchev–Trinajstić information content (AvgIpc) is 3.37. The molecule has 1 aliphatic rings. The maximum Gasteiger partial charge on any atom is 0.433 e. The van der Waals surface area contributed by atoms with Crippen molar-refractivity contribution in [2.75, 3.05) is 20.2 Å². The van der Waals surface area contributed by atoms with E-state index >= 15 is 0 Å². The fraction of sp³-hybridized carbons (Fsp3) is 0.350. The molecule has 164 valence electrons. The molecule has 4 N–H and O–H groups in total. The molecule has 3 heterocycles. The molecule has 8 nitrogen and oxygen atoms in total. The molecule has 0 spiro atoms. The first-order valence-electron chi connectivity index (χ1n) is 9.53. The number of nitrogens with zero attached hydrogens (tertiary/aromatic N) is 3. The van der Waals surface area contributed by atoms with Gasteiger partial charge in [-0.15, -0.1) is 0 Å². The highest BCUT2D eigenvalue weighted by Gasteiger charge is 2.33. The number of oxazole rings is 1. The van der Waals surface area contributed by atoms with Gasteiger partial charge in [-0.25, -0.2) is 9.97 Å². The number of hydrogen-bond donors (Lipinski definition) is 2. The minimum Gasteiger partial charge on any atom is -0.494 e. The van der Waals surface area contributed by atoms with Crippen LogP contribution in [0.25, 0.3) is 22.4 Å². The van der Waals surface area contributed by atoms with E-state index in [9.17, 15) is 18.0 Å². The summed E-state index contributed by atoms with van der Waals surface area (Å²) in [6, 6.07) is 5.10. The van der Waals surface area contributed by atoms with Gasteiger partial charge < -0.3 is 25.5 Å². The first-order valence-corrected chi connectivity index (χ1v) is 9.53. The Kier molecular flexibility index (Phi) is 5.31.